The summed E-state index contributed by atoms with van der Waals surface area (Å²) >= 11 is 11.9. The first-order valence-electron chi connectivity index (χ1n) is 9.65. The van der Waals surface area contributed by atoms with Crippen molar-refractivity contribution in [3.05, 3.63) is 93.5 Å². The van der Waals surface area contributed by atoms with Crippen molar-refractivity contribution in [3.63, 3.8) is 0 Å². The molecule has 1 amide bonds. The van der Waals surface area contributed by atoms with E-state index in [0.29, 0.717) is 32.7 Å². The van der Waals surface area contributed by atoms with E-state index in [1.54, 1.807) is 61.5 Å². The summed E-state index contributed by atoms with van der Waals surface area (Å²) < 4.78 is 10.9. The van der Waals surface area contributed by atoms with Crippen LogP contribution in [0.5, 0.6) is 11.5 Å². The Balaban J connectivity index is 1.51. The Hall–Kier alpha value is -3.35. The molecule has 0 saturated heterocycles. The molecule has 0 radical (unpaired) electrons. The van der Waals surface area contributed by atoms with E-state index in [4.69, 9.17) is 32.7 Å². The van der Waals surface area contributed by atoms with Crippen LogP contribution in [0.3, 0.4) is 0 Å². The minimum atomic E-state index is -0.825. The molecule has 164 valence electrons. The van der Waals surface area contributed by atoms with Crippen LogP contribution in [0.15, 0.2) is 71.8 Å². The van der Waals surface area contributed by atoms with E-state index >= 15 is 0 Å². The molecule has 8 heteroatoms. The van der Waals surface area contributed by atoms with Gasteiger partial charge in [0.05, 0.1) is 16.8 Å². The van der Waals surface area contributed by atoms with Crippen LogP contribution in [-0.4, -0.2) is 24.2 Å². The van der Waals surface area contributed by atoms with E-state index in [1.807, 2.05) is 13.0 Å². The highest BCUT2D eigenvalue weighted by Crippen LogP contribution is 2.28. The molecule has 1 atom stereocenters. The molecule has 32 heavy (non-hydrogen) atoms. The van der Waals surface area contributed by atoms with E-state index < -0.39 is 18.0 Å². The van der Waals surface area contributed by atoms with E-state index in [0.717, 1.165) is 5.56 Å². The third-order valence-electron chi connectivity index (χ3n) is 4.30. The van der Waals surface area contributed by atoms with Gasteiger partial charge in [-0.05, 0) is 74.0 Å². The number of nitrogens with zero attached hydrogens (tertiary/aromatic N) is 1. The monoisotopic (exact) mass is 470 g/mol. The number of carbonyl (C=O) groups excluding carboxylic acids is 2. The van der Waals surface area contributed by atoms with Crippen molar-refractivity contribution in [1.29, 1.82) is 0 Å². The maximum absolute atomic E-state index is 12.2. The van der Waals surface area contributed by atoms with E-state index in [2.05, 4.69) is 10.5 Å². The second kappa shape index (κ2) is 10.8. The first kappa shape index (κ1) is 23.3. The molecule has 6 nitrogen and oxygen atoms in total. The number of amides is 1. The highest BCUT2D eigenvalue weighted by atomic mass is 35.5. The van der Waals surface area contributed by atoms with Crippen molar-refractivity contribution in [2.24, 2.45) is 5.10 Å². The lowest BCUT2D eigenvalue weighted by Crippen LogP contribution is -2.33. The summed E-state index contributed by atoms with van der Waals surface area (Å²) in [7, 11) is 0. The normalized spacial score (nSPS) is 11.8. The number of hydrazone groups is 1. The number of hydrogen-bond acceptors (Lipinski definition) is 5. The molecule has 3 rings (SSSR count). The molecule has 0 spiro atoms. The van der Waals surface area contributed by atoms with Crippen LogP contribution in [0.2, 0.25) is 10.0 Å². The van der Waals surface area contributed by atoms with Gasteiger partial charge in [0.25, 0.3) is 5.91 Å². The number of esters is 1. The number of ether oxygens (including phenoxy) is 2. The second-order valence-corrected chi connectivity index (χ2v) is 7.74. The van der Waals surface area contributed by atoms with Crippen LogP contribution in [0, 0.1) is 6.92 Å². The van der Waals surface area contributed by atoms with Crippen molar-refractivity contribution in [1.82, 2.24) is 5.43 Å². The molecule has 0 aliphatic heterocycles. The number of halogens is 2. The number of nitrogens with one attached hydrogen (secondary N) is 1. The molecular weight excluding hydrogens is 451 g/mol. The lowest BCUT2D eigenvalue weighted by atomic mass is 10.1. The Morgan fingerprint density at radius 3 is 2.47 bits per heavy atom. The van der Waals surface area contributed by atoms with Crippen molar-refractivity contribution in [3.8, 4) is 11.5 Å². The van der Waals surface area contributed by atoms with Crippen molar-refractivity contribution >= 4 is 41.3 Å². The third-order valence-corrected chi connectivity index (χ3v) is 4.83. The zero-order valence-electron chi connectivity index (χ0n) is 17.3. The Labute approximate surface area is 195 Å². The minimum Gasteiger partial charge on any atom is -0.479 e. The molecule has 0 unspecified atom stereocenters. The number of hydrogen-bond donors (Lipinski definition) is 1. The molecule has 1 N–H and O–H groups in total. The summed E-state index contributed by atoms with van der Waals surface area (Å²) in [5.74, 6) is -0.133. The topological polar surface area (TPSA) is 77.0 Å². The predicted molar refractivity (Wildman–Crippen MR) is 125 cm³/mol. The molecule has 0 heterocycles. The second-order valence-electron chi connectivity index (χ2n) is 6.90. The minimum absolute atomic E-state index is 0.309. The summed E-state index contributed by atoms with van der Waals surface area (Å²) in [6.45, 7) is 3.48. The average Bonchev–Trinajstić information content (AvgIpc) is 2.76. The Morgan fingerprint density at radius 1 is 1.03 bits per heavy atom. The molecule has 0 aliphatic rings. The lowest BCUT2D eigenvalue weighted by Gasteiger charge is -2.14. The van der Waals surface area contributed by atoms with Gasteiger partial charge in [0.2, 0.25) is 0 Å². The summed E-state index contributed by atoms with van der Waals surface area (Å²) in [6, 6.07) is 18.6. The molecule has 0 saturated carbocycles. The predicted octanol–water partition coefficient (Wildman–Crippen LogP) is 5.44. The standard InChI is InChI=1S/C24H20Cl2N2O4/c1-15-4-3-5-18(12-15)24(30)32-20-9-6-17(7-10-20)14-27-28-23(29)16(2)31-22-11-8-19(25)13-21(22)26/h3-14,16H,1-2H3,(H,28,29)/b27-14-/t16-/m0/s1. The highest BCUT2D eigenvalue weighted by Gasteiger charge is 2.15. The first-order valence-corrected chi connectivity index (χ1v) is 10.4. The maximum atomic E-state index is 12.2. The molecule has 0 fully saturated rings. The van der Waals surface area contributed by atoms with Gasteiger partial charge in [0, 0.05) is 5.02 Å². The van der Waals surface area contributed by atoms with E-state index in [9.17, 15) is 9.59 Å². The van der Waals surface area contributed by atoms with Gasteiger partial charge in [-0.1, -0.05) is 40.9 Å². The summed E-state index contributed by atoms with van der Waals surface area (Å²) in [5.41, 5.74) is 4.57. The van der Waals surface area contributed by atoms with E-state index in [1.165, 1.54) is 12.3 Å². The van der Waals surface area contributed by atoms with Crippen molar-refractivity contribution < 1.29 is 19.1 Å². The zero-order chi connectivity index (χ0) is 23.1. The summed E-state index contributed by atoms with van der Waals surface area (Å²) in [5, 5.41) is 4.70. The van der Waals surface area contributed by atoms with Gasteiger partial charge in [-0.2, -0.15) is 5.10 Å². The van der Waals surface area contributed by atoms with Crippen LogP contribution in [0.1, 0.15) is 28.4 Å². The van der Waals surface area contributed by atoms with Crippen LogP contribution < -0.4 is 14.9 Å². The molecule has 3 aromatic rings. The lowest BCUT2D eigenvalue weighted by molar-refractivity contribution is -0.127. The molecule has 0 aliphatic carbocycles. The highest BCUT2D eigenvalue weighted by molar-refractivity contribution is 6.35. The smallest absolute Gasteiger partial charge is 0.343 e. The van der Waals surface area contributed by atoms with Gasteiger partial charge in [0.15, 0.2) is 6.10 Å². The summed E-state index contributed by atoms with van der Waals surface area (Å²) in [6.07, 6.45) is 0.640. The fourth-order valence-corrected chi connectivity index (χ4v) is 3.09. The Morgan fingerprint density at radius 2 is 1.78 bits per heavy atom. The molecule has 0 aromatic heterocycles. The van der Waals surface area contributed by atoms with Crippen LogP contribution >= 0.6 is 23.2 Å². The quantitative estimate of drug-likeness (QED) is 0.216. The average molecular weight is 471 g/mol. The van der Waals surface area contributed by atoms with E-state index in [-0.39, 0.29) is 0 Å². The SMILES string of the molecule is Cc1cccc(C(=O)Oc2ccc(/C=N\NC(=O)[C@H](C)Oc3ccc(Cl)cc3Cl)cc2)c1. The van der Waals surface area contributed by atoms with Gasteiger partial charge in [0.1, 0.15) is 11.5 Å². The number of carbonyl (C=O) groups is 2. The Kier molecular flexibility index (Phi) is 7.87. The fourth-order valence-electron chi connectivity index (χ4n) is 2.64. The summed E-state index contributed by atoms with van der Waals surface area (Å²) in [4.78, 5) is 24.4. The van der Waals surface area contributed by atoms with Gasteiger partial charge in [-0.3, -0.25) is 4.79 Å². The zero-order valence-corrected chi connectivity index (χ0v) is 18.9. The largest absolute Gasteiger partial charge is 0.479 e. The fraction of sp³-hybridized carbons (Fsp3) is 0.125. The van der Waals surface area contributed by atoms with Crippen molar-refractivity contribution in [2.75, 3.05) is 0 Å². The van der Waals surface area contributed by atoms with Crippen LogP contribution in [0.25, 0.3) is 0 Å². The molecular formula is C24H20Cl2N2O4. The molecule has 0 bridgehead atoms. The number of rotatable bonds is 7. The third kappa shape index (κ3) is 6.57. The maximum Gasteiger partial charge on any atom is 0.343 e. The van der Waals surface area contributed by atoms with Gasteiger partial charge in [-0.15, -0.1) is 0 Å². The van der Waals surface area contributed by atoms with Gasteiger partial charge in [-0.25, -0.2) is 10.2 Å². The van der Waals surface area contributed by atoms with Crippen LogP contribution in [-0.2, 0) is 4.79 Å². The van der Waals surface area contributed by atoms with Crippen LogP contribution in [0.4, 0.5) is 0 Å². The molecule has 3 aromatic carbocycles. The number of benzene rings is 3. The number of aryl methyl sites for hydroxylation is 1. The van der Waals surface area contributed by atoms with Gasteiger partial charge >= 0.3 is 5.97 Å². The van der Waals surface area contributed by atoms with Crippen molar-refractivity contribution in [2.45, 2.75) is 20.0 Å². The first-order chi connectivity index (χ1) is 15.3. The Bertz CT molecular complexity index is 1150. The van der Waals surface area contributed by atoms with Gasteiger partial charge < -0.3 is 9.47 Å².